The van der Waals surface area contributed by atoms with E-state index in [2.05, 4.69) is 5.32 Å². The number of alkyl halides is 1. The molecule has 1 saturated carbocycles. The minimum atomic E-state index is -0.0885. The van der Waals surface area contributed by atoms with Gasteiger partial charge in [0, 0.05) is 6.04 Å². The van der Waals surface area contributed by atoms with Crippen LogP contribution in [0, 0.1) is 6.92 Å². The number of rotatable bonds is 2. The Morgan fingerprint density at radius 1 is 1.50 bits per heavy atom. The van der Waals surface area contributed by atoms with Gasteiger partial charge in [-0.1, -0.05) is 12.8 Å². The fourth-order valence-corrected chi connectivity index (χ4v) is 2.41. The summed E-state index contributed by atoms with van der Waals surface area (Å²) in [6.45, 7) is 1.82. The molecular formula is C12H16ClNO2. The molecule has 1 fully saturated rings. The van der Waals surface area contributed by atoms with Gasteiger partial charge in [-0.05, 0) is 25.8 Å². The van der Waals surface area contributed by atoms with Crippen LogP contribution < -0.4 is 5.32 Å². The SMILES string of the molecule is Cc1cc(C(=O)NC2CCCCC2Cl)co1. The van der Waals surface area contributed by atoms with E-state index in [0.29, 0.717) is 5.56 Å². The number of hydrogen-bond donors (Lipinski definition) is 1. The number of carbonyl (C=O) groups is 1. The van der Waals surface area contributed by atoms with E-state index >= 15 is 0 Å². The number of halogens is 1. The summed E-state index contributed by atoms with van der Waals surface area (Å²) < 4.78 is 5.11. The molecule has 3 nitrogen and oxygen atoms in total. The third-order valence-electron chi connectivity index (χ3n) is 2.99. The highest BCUT2D eigenvalue weighted by Crippen LogP contribution is 2.23. The van der Waals surface area contributed by atoms with Crippen LogP contribution in [0.3, 0.4) is 0 Å². The molecule has 0 saturated heterocycles. The molecule has 0 radical (unpaired) electrons. The van der Waals surface area contributed by atoms with E-state index in [1.807, 2.05) is 6.92 Å². The van der Waals surface area contributed by atoms with Gasteiger partial charge < -0.3 is 9.73 Å². The Bertz CT molecular complexity index is 375. The van der Waals surface area contributed by atoms with Gasteiger partial charge in [-0.15, -0.1) is 11.6 Å². The predicted molar refractivity (Wildman–Crippen MR) is 62.8 cm³/mol. The van der Waals surface area contributed by atoms with Crippen molar-refractivity contribution in [3.8, 4) is 0 Å². The normalized spacial score (nSPS) is 25.4. The molecule has 0 bridgehead atoms. The lowest BCUT2D eigenvalue weighted by Gasteiger charge is -2.27. The zero-order chi connectivity index (χ0) is 11.5. The molecule has 1 amide bonds. The second kappa shape index (κ2) is 4.91. The molecule has 0 spiro atoms. The van der Waals surface area contributed by atoms with Crippen LogP contribution in [0.15, 0.2) is 16.7 Å². The van der Waals surface area contributed by atoms with Crippen molar-refractivity contribution in [2.75, 3.05) is 0 Å². The maximum atomic E-state index is 11.8. The first kappa shape index (κ1) is 11.5. The van der Waals surface area contributed by atoms with E-state index < -0.39 is 0 Å². The third kappa shape index (κ3) is 2.59. The molecule has 0 aliphatic heterocycles. The second-order valence-electron chi connectivity index (χ2n) is 4.33. The topological polar surface area (TPSA) is 42.2 Å². The van der Waals surface area contributed by atoms with Gasteiger partial charge in [-0.25, -0.2) is 0 Å². The molecule has 1 aromatic rings. The minimum absolute atomic E-state index is 0.0608. The number of nitrogens with one attached hydrogen (secondary N) is 1. The molecule has 1 aliphatic rings. The first-order valence-electron chi connectivity index (χ1n) is 5.67. The van der Waals surface area contributed by atoms with Gasteiger partial charge >= 0.3 is 0 Å². The van der Waals surface area contributed by atoms with E-state index in [0.717, 1.165) is 31.4 Å². The van der Waals surface area contributed by atoms with Crippen molar-refractivity contribution in [3.63, 3.8) is 0 Å². The van der Waals surface area contributed by atoms with Crippen LogP contribution in [-0.4, -0.2) is 17.3 Å². The summed E-state index contributed by atoms with van der Waals surface area (Å²) in [5.41, 5.74) is 0.576. The number of amides is 1. The van der Waals surface area contributed by atoms with E-state index in [-0.39, 0.29) is 17.3 Å². The third-order valence-corrected chi connectivity index (χ3v) is 3.51. The number of furan rings is 1. The Morgan fingerprint density at radius 3 is 2.88 bits per heavy atom. The molecule has 2 atom stereocenters. The van der Waals surface area contributed by atoms with Crippen LogP contribution in [0.2, 0.25) is 0 Å². The maximum absolute atomic E-state index is 11.8. The predicted octanol–water partition coefficient (Wildman–Crippen LogP) is 2.87. The van der Waals surface area contributed by atoms with Crippen molar-refractivity contribution in [1.82, 2.24) is 5.32 Å². The summed E-state index contributed by atoms with van der Waals surface area (Å²) in [6.07, 6.45) is 5.73. The van der Waals surface area contributed by atoms with Gasteiger partial charge in [0.2, 0.25) is 0 Å². The lowest BCUT2D eigenvalue weighted by atomic mass is 9.95. The lowest BCUT2D eigenvalue weighted by Crippen LogP contribution is -2.42. The first-order valence-corrected chi connectivity index (χ1v) is 6.10. The molecule has 0 aromatic carbocycles. The van der Waals surface area contributed by atoms with Crippen molar-refractivity contribution in [3.05, 3.63) is 23.7 Å². The largest absolute Gasteiger partial charge is 0.469 e. The average Bonchev–Trinajstić information content (AvgIpc) is 2.68. The fraction of sp³-hybridized carbons (Fsp3) is 0.583. The van der Waals surface area contributed by atoms with Gasteiger partial charge in [-0.2, -0.15) is 0 Å². The van der Waals surface area contributed by atoms with Crippen LogP contribution >= 0.6 is 11.6 Å². The molecular weight excluding hydrogens is 226 g/mol. The quantitative estimate of drug-likeness (QED) is 0.809. The summed E-state index contributed by atoms with van der Waals surface area (Å²) >= 11 is 6.18. The van der Waals surface area contributed by atoms with Crippen LogP contribution in [0.4, 0.5) is 0 Å². The van der Waals surface area contributed by atoms with Crippen molar-refractivity contribution in [1.29, 1.82) is 0 Å². The Labute approximate surface area is 100 Å². The standard InChI is InChI=1S/C12H16ClNO2/c1-8-6-9(7-16-8)12(15)14-11-5-3-2-4-10(11)13/h6-7,10-11H,2-5H2,1H3,(H,14,15). The summed E-state index contributed by atoms with van der Waals surface area (Å²) in [7, 11) is 0. The molecule has 4 heteroatoms. The van der Waals surface area contributed by atoms with Crippen LogP contribution in [-0.2, 0) is 0 Å². The molecule has 1 N–H and O–H groups in total. The molecule has 2 rings (SSSR count). The molecule has 1 aliphatic carbocycles. The monoisotopic (exact) mass is 241 g/mol. The van der Waals surface area contributed by atoms with E-state index in [4.69, 9.17) is 16.0 Å². The van der Waals surface area contributed by atoms with Gasteiger partial charge in [0.1, 0.15) is 12.0 Å². The number of hydrogen-bond acceptors (Lipinski definition) is 2. The molecule has 16 heavy (non-hydrogen) atoms. The first-order chi connectivity index (χ1) is 7.66. The van der Waals surface area contributed by atoms with Gasteiger partial charge in [-0.3, -0.25) is 4.79 Å². The van der Waals surface area contributed by atoms with Crippen molar-refractivity contribution >= 4 is 17.5 Å². The molecule has 2 unspecified atom stereocenters. The highest BCUT2D eigenvalue weighted by Gasteiger charge is 2.25. The molecule has 1 heterocycles. The Balaban J connectivity index is 1.96. The highest BCUT2D eigenvalue weighted by atomic mass is 35.5. The summed E-state index contributed by atoms with van der Waals surface area (Å²) in [4.78, 5) is 11.8. The smallest absolute Gasteiger partial charge is 0.254 e. The highest BCUT2D eigenvalue weighted by molar-refractivity contribution is 6.21. The average molecular weight is 242 g/mol. The zero-order valence-corrected chi connectivity index (χ0v) is 10.1. The molecule has 1 aromatic heterocycles. The van der Waals surface area contributed by atoms with Crippen LogP contribution in [0.1, 0.15) is 41.8 Å². The summed E-state index contributed by atoms with van der Waals surface area (Å²) in [5, 5.41) is 3.03. The van der Waals surface area contributed by atoms with E-state index in [1.54, 1.807) is 6.07 Å². The second-order valence-corrected chi connectivity index (χ2v) is 4.89. The lowest BCUT2D eigenvalue weighted by molar-refractivity contribution is 0.0928. The Kier molecular flexibility index (Phi) is 3.54. The Hall–Kier alpha value is -0.960. The summed E-state index contributed by atoms with van der Waals surface area (Å²) in [5.74, 6) is 0.658. The van der Waals surface area contributed by atoms with Crippen molar-refractivity contribution < 1.29 is 9.21 Å². The zero-order valence-electron chi connectivity index (χ0n) is 9.33. The van der Waals surface area contributed by atoms with Crippen LogP contribution in [0.25, 0.3) is 0 Å². The van der Waals surface area contributed by atoms with Gasteiger partial charge in [0.05, 0.1) is 10.9 Å². The van der Waals surface area contributed by atoms with Crippen LogP contribution in [0.5, 0.6) is 0 Å². The van der Waals surface area contributed by atoms with Crippen molar-refractivity contribution in [2.24, 2.45) is 0 Å². The number of carbonyl (C=O) groups excluding carboxylic acids is 1. The van der Waals surface area contributed by atoms with Gasteiger partial charge in [0.25, 0.3) is 5.91 Å². The van der Waals surface area contributed by atoms with E-state index in [1.165, 1.54) is 6.26 Å². The van der Waals surface area contributed by atoms with Gasteiger partial charge in [0.15, 0.2) is 0 Å². The fourth-order valence-electron chi connectivity index (χ4n) is 2.06. The minimum Gasteiger partial charge on any atom is -0.469 e. The number of aryl methyl sites for hydroxylation is 1. The van der Waals surface area contributed by atoms with Crippen molar-refractivity contribution in [2.45, 2.75) is 44.0 Å². The summed E-state index contributed by atoms with van der Waals surface area (Å²) in [6, 6.07) is 1.83. The Morgan fingerprint density at radius 2 is 2.25 bits per heavy atom. The van der Waals surface area contributed by atoms with E-state index in [9.17, 15) is 4.79 Å². The molecule has 88 valence electrons. The maximum Gasteiger partial charge on any atom is 0.254 e.